The van der Waals surface area contributed by atoms with Crippen LogP contribution in [-0.2, 0) is 14.3 Å². The van der Waals surface area contributed by atoms with Crippen molar-refractivity contribution in [3.63, 3.8) is 0 Å². The first-order valence-corrected chi connectivity index (χ1v) is 9.01. The molecule has 0 radical (unpaired) electrons. The predicted octanol–water partition coefficient (Wildman–Crippen LogP) is 2.06. The zero-order valence-corrected chi connectivity index (χ0v) is 15.3. The fourth-order valence-corrected chi connectivity index (χ4v) is 4.15. The lowest BCUT2D eigenvalue weighted by molar-refractivity contribution is -0.144. The van der Waals surface area contributed by atoms with Crippen molar-refractivity contribution in [2.75, 3.05) is 41.4 Å². The number of methoxy groups -OCH3 is 2. The van der Waals surface area contributed by atoms with Gasteiger partial charge in [-0.15, -0.1) is 0 Å². The number of rotatable bonds is 8. The Morgan fingerprint density at radius 1 is 0.957 bits per heavy atom. The molecule has 4 atom stereocenters. The maximum absolute atomic E-state index is 10.5. The average Bonchev–Trinajstić information content (AvgIpc) is 3.20. The molecule has 0 spiro atoms. The average molecular weight is 328 g/mol. The molecule has 0 aromatic rings. The predicted molar refractivity (Wildman–Crippen MR) is 93.4 cm³/mol. The Labute approximate surface area is 141 Å². The van der Waals surface area contributed by atoms with Crippen LogP contribution in [-0.4, -0.2) is 54.0 Å². The minimum atomic E-state index is -0.0131. The van der Waals surface area contributed by atoms with E-state index < -0.39 is 0 Å². The maximum Gasteiger partial charge on any atom is 0.159 e. The second kappa shape index (κ2) is 12.0. The van der Waals surface area contributed by atoms with Crippen molar-refractivity contribution in [3.8, 4) is 0 Å². The first kappa shape index (κ1) is 20.6. The third-order valence-electron chi connectivity index (χ3n) is 5.36. The van der Waals surface area contributed by atoms with Gasteiger partial charge in [-0.25, -0.2) is 0 Å². The van der Waals surface area contributed by atoms with E-state index in [2.05, 4.69) is 10.6 Å². The number of hydrogen-bond donors (Lipinski definition) is 2. The molecule has 5 nitrogen and oxygen atoms in total. The summed E-state index contributed by atoms with van der Waals surface area (Å²) >= 11 is 0. The van der Waals surface area contributed by atoms with Crippen LogP contribution in [0.5, 0.6) is 0 Å². The third kappa shape index (κ3) is 6.49. The van der Waals surface area contributed by atoms with Gasteiger partial charge in [-0.3, -0.25) is 0 Å². The van der Waals surface area contributed by atoms with E-state index >= 15 is 0 Å². The number of carbonyl (C=O) groups excluding carboxylic acids is 1. The van der Waals surface area contributed by atoms with Gasteiger partial charge >= 0.3 is 0 Å². The molecule has 0 bridgehead atoms. The van der Waals surface area contributed by atoms with Crippen LogP contribution < -0.4 is 10.6 Å². The molecule has 2 rings (SSSR count). The molecule has 0 aromatic carbocycles. The topological polar surface area (TPSA) is 59.6 Å². The summed E-state index contributed by atoms with van der Waals surface area (Å²) in [4.78, 5) is 10.5. The molecule has 0 amide bonds. The summed E-state index contributed by atoms with van der Waals surface area (Å²) in [6, 6.07) is 0. The highest BCUT2D eigenvalue weighted by Gasteiger charge is 2.33. The molecule has 2 saturated carbocycles. The second-order valence-electron chi connectivity index (χ2n) is 6.80. The monoisotopic (exact) mass is 328 g/mol. The quantitative estimate of drug-likeness (QED) is 0.528. The number of carbonyl (C=O) groups is 1. The van der Waals surface area contributed by atoms with Crippen molar-refractivity contribution >= 4 is 6.29 Å². The maximum atomic E-state index is 10.5. The first-order valence-electron chi connectivity index (χ1n) is 9.01. The lowest BCUT2D eigenvalue weighted by Crippen LogP contribution is -2.32. The fourth-order valence-electron chi connectivity index (χ4n) is 4.15. The SMILES string of the molecule is CNC[C@@H]1CCC[C@H]1C(OC)OC.CNC[C@@H]1CCC[C@H]1C=O. The van der Waals surface area contributed by atoms with Gasteiger partial charge in [0.05, 0.1) is 0 Å². The Morgan fingerprint density at radius 2 is 1.52 bits per heavy atom. The molecule has 0 unspecified atom stereocenters. The van der Waals surface area contributed by atoms with Crippen LogP contribution in [0.1, 0.15) is 38.5 Å². The summed E-state index contributed by atoms with van der Waals surface area (Å²) in [6.45, 7) is 2.08. The number of aldehydes is 1. The van der Waals surface area contributed by atoms with Gasteiger partial charge in [-0.1, -0.05) is 12.8 Å². The third-order valence-corrected chi connectivity index (χ3v) is 5.36. The van der Waals surface area contributed by atoms with Gasteiger partial charge < -0.3 is 24.9 Å². The van der Waals surface area contributed by atoms with Crippen LogP contribution in [0.25, 0.3) is 0 Å². The zero-order valence-electron chi connectivity index (χ0n) is 15.3. The summed E-state index contributed by atoms with van der Waals surface area (Å²) in [7, 11) is 7.40. The Balaban J connectivity index is 0.000000238. The summed E-state index contributed by atoms with van der Waals surface area (Å²) in [5.74, 6) is 2.24. The van der Waals surface area contributed by atoms with Crippen molar-refractivity contribution in [2.24, 2.45) is 23.7 Å². The molecule has 2 aliphatic carbocycles. The van der Waals surface area contributed by atoms with E-state index in [4.69, 9.17) is 9.47 Å². The molecule has 2 aliphatic rings. The number of hydrogen-bond acceptors (Lipinski definition) is 5. The minimum absolute atomic E-state index is 0.0131. The molecule has 0 aromatic heterocycles. The van der Waals surface area contributed by atoms with E-state index in [9.17, 15) is 4.79 Å². The Kier molecular flexibility index (Phi) is 10.7. The van der Waals surface area contributed by atoms with Crippen LogP contribution in [0.4, 0.5) is 0 Å². The summed E-state index contributed by atoms with van der Waals surface area (Å²) in [5, 5.41) is 6.35. The zero-order chi connectivity index (χ0) is 17.1. The van der Waals surface area contributed by atoms with Crippen molar-refractivity contribution in [1.29, 1.82) is 0 Å². The van der Waals surface area contributed by atoms with E-state index in [0.29, 0.717) is 17.8 Å². The normalized spacial score (nSPS) is 30.3. The largest absolute Gasteiger partial charge is 0.356 e. The number of ether oxygens (including phenoxy) is 2. The van der Waals surface area contributed by atoms with Crippen LogP contribution >= 0.6 is 0 Å². The lowest BCUT2D eigenvalue weighted by atomic mass is 9.95. The number of nitrogens with one attached hydrogen (secondary N) is 2. The van der Waals surface area contributed by atoms with Crippen molar-refractivity contribution < 1.29 is 14.3 Å². The Morgan fingerprint density at radius 3 is 2.09 bits per heavy atom. The minimum Gasteiger partial charge on any atom is -0.356 e. The van der Waals surface area contributed by atoms with Crippen molar-refractivity contribution in [2.45, 2.75) is 44.8 Å². The van der Waals surface area contributed by atoms with E-state index in [1.807, 2.05) is 14.1 Å². The molecule has 2 fully saturated rings. The van der Waals surface area contributed by atoms with Gasteiger partial charge in [0.15, 0.2) is 6.29 Å². The molecule has 0 aliphatic heterocycles. The van der Waals surface area contributed by atoms with E-state index in [1.165, 1.54) is 32.1 Å². The molecule has 0 heterocycles. The summed E-state index contributed by atoms with van der Waals surface area (Å²) < 4.78 is 10.6. The van der Waals surface area contributed by atoms with Gasteiger partial charge in [0.2, 0.25) is 0 Å². The summed E-state index contributed by atoms with van der Waals surface area (Å²) in [5.41, 5.74) is 0. The molecule has 136 valence electrons. The van der Waals surface area contributed by atoms with E-state index in [1.54, 1.807) is 14.2 Å². The van der Waals surface area contributed by atoms with Gasteiger partial charge in [0.25, 0.3) is 0 Å². The van der Waals surface area contributed by atoms with E-state index in [0.717, 1.165) is 31.7 Å². The molecule has 23 heavy (non-hydrogen) atoms. The van der Waals surface area contributed by atoms with Gasteiger partial charge in [-0.2, -0.15) is 0 Å². The highest BCUT2D eigenvalue weighted by Crippen LogP contribution is 2.34. The molecule has 5 heteroatoms. The smallest absolute Gasteiger partial charge is 0.159 e. The molecular formula is C18H36N2O3. The Bertz CT molecular complexity index is 311. The van der Waals surface area contributed by atoms with Gasteiger partial charge in [-0.05, 0) is 64.7 Å². The van der Waals surface area contributed by atoms with Crippen LogP contribution in [0.2, 0.25) is 0 Å². The highest BCUT2D eigenvalue weighted by atomic mass is 16.7. The molecule has 2 N–H and O–H groups in total. The fraction of sp³-hybridized carbons (Fsp3) is 0.944. The molecular weight excluding hydrogens is 292 g/mol. The van der Waals surface area contributed by atoms with E-state index in [-0.39, 0.29) is 6.29 Å². The molecule has 0 saturated heterocycles. The lowest BCUT2D eigenvalue weighted by Gasteiger charge is -2.26. The second-order valence-corrected chi connectivity index (χ2v) is 6.80. The van der Waals surface area contributed by atoms with Gasteiger partial charge in [0, 0.05) is 26.1 Å². The van der Waals surface area contributed by atoms with Gasteiger partial charge in [0.1, 0.15) is 6.29 Å². The van der Waals surface area contributed by atoms with Crippen LogP contribution in [0, 0.1) is 23.7 Å². The summed E-state index contributed by atoms with van der Waals surface area (Å²) in [6.07, 6.45) is 8.51. The van der Waals surface area contributed by atoms with Crippen molar-refractivity contribution in [1.82, 2.24) is 10.6 Å². The van der Waals surface area contributed by atoms with Crippen LogP contribution in [0.15, 0.2) is 0 Å². The highest BCUT2D eigenvalue weighted by molar-refractivity contribution is 5.54. The van der Waals surface area contributed by atoms with Crippen molar-refractivity contribution in [3.05, 3.63) is 0 Å². The Hall–Kier alpha value is -0.490. The first-order chi connectivity index (χ1) is 11.2. The standard InChI is InChI=1S/C10H21NO2.C8H15NO/c1-11-7-8-5-4-6-9(8)10(12-2)13-3;1-9-5-7-3-2-4-8(7)6-10/h8-11H,4-7H2,1-3H3;6-9H,2-5H2,1H3/t8-,9+;7-,8-/m00/s1. The van der Waals surface area contributed by atoms with Crippen LogP contribution in [0.3, 0.4) is 0 Å².